The normalized spacial score (nSPS) is 11.5. The molecule has 0 unspecified atom stereocenters. The first kappa shape index (κ1) is 26.3. The molecule has 1 atom stereocenters. The zero-order chi connectivity index (χ0) is 25.2. The summed E-state index contributed by atoms with van der Waals surface area (Å²) < 4.78 is 5.93. The molecule has 3 rings (SSSR count). The molecule has 3 aromatic carbocycles. The number of ether oxygens (including phenoxy) is 1. The summed E-state index contributed by atoms with van der Waals surface area (Å²) in [6, 6.07) is 22.3. The molecule has 0 saturated heterocycles. The van der Waals surface area contributed by atoms with Gasteiger partial charge in [0.15, 0.2) is 6.61 Å². The summed E-state index contributed by atoms with van der Waals surface area (Å²) in [6.45, 7) is 6.58. The van der Waals surface area contributed by atoms with Crippen LogP contribution >= 0.6 is 11.6 Å². The van der Waals surface area contributed by atoms with Crippen molar-refractivity contribution in [3.63, 3.8) is 0 Å². The average molecular weight is 493 g/mol. The molecule has 0 bridgehead atoms. The largest absolute Gasteiger partial charge is 0.483 e. The van der Waals surface area contributed by atoms with Crippen LogP contribution in [-0.4, -0.2) is 35.9 Å². The predicted octanol–water partition coefficient (Wildman–Crippen LogP) is 5.50. The monoisotopic (exact) mass is 492 g/mol. The summed E-state index contributed by atoms with van der Waals surface area (Å²) in [6.07, 6.45) is 1.21. The number of carbonyl (C=O) groups is 2. The van der Waals surface area contributed by atoms with Crippen molar-refractivity contribution < 1.29 is 14.3 Å². The Kier molecular flexibility index (Phi) is 9.74. The molecular weight excluding hydrogens is 460 g/mol. The summed E-state index contributed by atoms with van der Waals surface area (Å²) in [7, 11) is 0. The van der Waals surface area contributed by atoms with Crippen LogP contribution in [0.2, 0.25) is 5.02 Å². The fourth-order valence-corrected chi connectivity index (χ4v) is 3.92. The second-order valence-corrected chi connectivity index (χ2v) is 9.14. The van der Waals surface area contributed by atoms with Gasteiger partial charge in [0.05, 0.1) is 0 Å². The second kappa shape index (κ2) is 13.0. The van der Waals surface area contributed by atoms with E-state index in [2.05, 4.69) is 5.32 Å². The van der Waals surface area contributed by atoms with Crippen molar-refractivity contribution in [2.45, 2.75) is 46.2 Å². The molecule has 0 aliphatic heterocycles. The maximum atomic E-state index is 13.6. The highest BCUT2D eigenvalue weighted by atomic mass is 35.5. The van der Waals surface area contributed by atoms with Gasteiger partial charge in [-0.2, -0.15) is 0 Å². The minimum atomic E-state index is -0.686. The van der Waals surface area contributed by atoms with Crippen LogP contribution in [0.1, 0.15) is 35.6 Å². The maximum Gasteiger partial charge on any atom is 0.261 e. The van der Waals surface area contributed by atoms with Gasteiger partial charge in [-0.15, -0.1) is 0 Å². The van der Waals surface area contributed by atoms with Crippen LogP contribution in [0.25, 0.3) is 0 Å². The Hall–Kier alpha value is -3.31. The van der Waals surface area contributed by atoms with Gasteiger partial charge in [0, 0.05) is 24.5 Å². The van der Waals surface area contributed by atoms with Gasteiger partial charge in [0.2, 0.25) is 5.91 Å². The third-order valence-corrected chi connectivity index (χ3v) is 6.03. The molecular formula is C29H33ClN2O3. The van der Waals surface area contributed by atoms with E-state index in [1.165, 1.54) is 0 Å². The maximum absolute atomic E-state index is 13.6. The van der Waals surface area contributed by atoms with E-state index >= 15 is 0 Å². The molecule has 0 saturated carbocycles. The number of carbonyl (C=O) groups excluding carboxylic acids is 2. The van der Waals surface area contributed by atoms with E-state index in [9.17, 15) is 9.59 Å². The van der Waals surface area contributed by atoms with Gasteiger partial charge in [-0.25, -0.2) is 0 Å². The number of nitrogens with zero attached hydrogens (tertiary/aromatic N) is 1. The lowest BCUT2D eigenvalue weighted by Crippen LogP contribution is -2.51. The van der Waals surface area contributed by atoms with Crippen LogP contribution in [-0.2, 0) is 22.6 Å². The number of aryl methyl sites for hydroxylation is 2. The number of hydrogen-bond donors (Lipinski definition) is 1. The third-order valence-electron chi connectivity index (χ3n) is 5.78. The van der Waals surface area contributed by atoms with Gasteiger partial charge in [0.25, 0.3) is 5.91 Å². The van der Waals surface area contributed by atoms with Crippen molar-refractivity contribution in [2.24, 2.45) is 0 Å². The molecule has 35 heavy (non-hydrogen) atoms. The van der Waals surface area contributed by atoms with Crippen LogP contribution in [0, 0.1) is 13.8 Å². The van der Waals surface area contributed by atoms with Gasteiger partial charge in [0.1, 0.15) is 11.8 Å². The van der Waals surface area contributed by atoms with E-state index in [0.29, 0.717) is 23.7 Å². The second-order valence-electron chi connectivity index (χ2n) is 8.70. The summed E-state index contributed by atoms with van der Waals surface area (Å²) in [5.74, 6) is 0.234. The van der Waals surface area contributed by atoms with Crippen LogP contribution in [0.5, 0.6) is 5.75 Å². The summed E-state index contributed by atoms with van der Waals surface area (Å²) in [5, 5.41) is 3.60. The fourth-order valence-electron chi connectivity index (χ4n) is 3.79. The molecule has 0 spiro atoms. The molecule has 0 aromatic heterocycles. The number of rotatable bonds is 11. The number of hydrogen-bond acceptors (Lipinski definition) is 3. The highest BCUT2D eigenvalue weighted by molar-refractivity contribution is 6.30. The van der Waals surface area contributed by atoms with Crippen molar-refractivity contribution in [2.75, 3.05) is 13.2 Å². The van der Waals surface area contributed by atoms with Gasteiger partial charge in [-0.05, 0) is 60.7 Å². The topological polar surface area (TPSA) is 58.6 Å². The van der Waals surface area contributed by atoms with E-state index in [4.69, 9.17) is 16.3 Å². The Morgan fingerprint density at radius 2 is 1.69 bits per heavy atom. The number of halogens is 1. The summed E-state index contributed by atoms with van der Waals surface area (Å²) in [5.41, 5.74) is 3.87. The van der Waals surface area contributed by atoms with E-state index < -0.39 is 6.04 Å². The van der Waals surface area contributed by atoms with Gasteiger partial charge in [-0.1, -0.05) is 73.1 Å². The Labute approximate surface area is 213 Å². The lowest BCUT2D eigenvalue weighted by molar-refractivity contribution is -0.142. The third kappa shape index (κ3) is 7.86. The van der Waals surface area contributed by atoms with Gasteiger partial charge >= 0.3 is 0 Å². The Morgan fingerprint density at radius 3 is 2.37 bits per heavy atom. The Morgan fingerprint density at radius 1 is 0.971 bits per heavy atom. The highest BCUT2D eigenvalue weighted by Gasteiger charge is 2.30. The van der Waals surface area contributed by atoms with Crippen LogP contribution in [0.15, 0.2) is 72.8 Å². The quantitative estimate of drug-likeness (QED) is 0.384. The molecule has 3 aromatic rings. The molecule has 184 valence electrons. The van der Waals surface area contributed by atoms with Crippen molar-refractivity contribution in [3.05, 3.63) is 100 Å². The fraction of sp³-hybridized carbons (Fsp3) is 0.310. The molecule has 0 aliphatic carbocycles. The van der Waals surface area contributed by atoms with Crippen LogP contribution in [0.4, 0.5) is 0 Å². The lowest BCUT2D eigenvalue weighted by Gasteiger charge is -2.31. The van der Waals surface area contributed by atoms with Crippen LogP contribution < -0.4 is 10.1 Å². The molecule has 2 amide bonds. The Balaban J connectivity index is 1.90. The molecule has 1 N–H and O–H groups in total. The molecule has 0 fully saturated rings. The van der Waals surface area contributed by atoms with Crippen LogP contribution in [0.3, 0.4) is 0 Å². The van der Waals surface area contributed by atoms with E-state index in [-0.39, 0.29) is 25.0 Å². The SMILES string of the molecule is CCCNC(=O)[C@H](Cc1ccccc1)N(Cc1ccc(Cl)cc1)C(=O)COc1cc(C)ccc1C. The smallest absolute Gasteiger partial charge is 0.261 e. The number of benzene rings is 3. The predicted molar refractivity (Wildman–Crippen MR) is 141 cm³/mol. The Bertz CT molecular complexity index is 1120. The summed E-state index contributed by atoms with van der Waals surface area (Å²) in [4.78, 5) is 28.5. The standard InChI is InChI=1S/C29H33ClN2O3/c1-4-16-31-29(34)26(18-23-8-6-5-7-9-23)32(19-24-12-14-25(30)15-13-24)28(33)20-35-27-17-21(2)10-11-22(27)3/h5-15,17,26H,4,16,18-20H2,1-3H3,(H,31,34)/t26-/m0/s1. The zero-order valence-corrected chi connectivity index (χ0v) is 21.3. The number of nitrogens with one attached hydrogen (secondary N) is 1. The van der Waals surface area contributed by atoms with Crippen molar-refractivity contribution in [3.8, 4) is 5.75 Å². The molecule has 0 aliphatic rings. The highest BCUT2D eigenvalue weighted by Crippen LogP contribution is 2.21. The zero-order valence-electron chi connectivity index (χ0n) is 20.6. The first-order valence-electron chi connectivity index (χ1n) is 11.9. The van der Waals surface area contributed by atoms with E-state index in [1.807, 2.05) is 81.4 Å². The average Bonchev–Trinajstić information content (AvgIpc) is 2.86. The van der Waals surface area contributed by atoms with Crippen molar-refractivity contribution in [1.82, 2.24) is 10.2 Å². The molecule has 0 heterocycles. The lowest BCUT2D eigenvalue weighted by atomic mass is 10.0. The van der Waals surface area contributed by atoms with Crippen molar-refractivity contribution >= 4 is 23.4 Å². The van der Waals surface area contributed by atoms with Gasteiger partial charge < -0.3 is 15.0 Å². The summed E-state index contributed by atoms with van der Waals surface area (Å²) >= 11 is 6.07. The molecule has 6 heteroatoms. The molecule has 0 radical (unpaired) electrons. The van der Waals surface area contributed by atoms with Crippen molar-refractivity contribution in [1.29, 1.82) is 0 Å². The molecule has 5 nitrogen and oxygen atoms in total. The van der Waals surface area contributed by atoms with Gasteiger partial charge in [-0.3, -0.25) is 9.59 Å². The minimum Gasteiger partial charge on any atom is -0.483 e. The minimum absolute atomic E-state index is 0.162. The first-order valence-corrected chi connectivity index (χ1v) is 12.3. The first-order chi connectivity index (χ1) is 16.9. The number of amides is 2. The van der Waals surface area contributed by atoms with E-state index in [1.54, 1.807) is 17.0 Å². The van der Waals surface area contributed by atoms with E-state index in [0.717, 1.165) is 28.7 Å².